The van der Waals surface area contributed by atoms with Crippen molar-refractivity contribution in [2.45, 2.75) is 39.0 Å². The predicted octanol–water partition coefficient (Wildman–Crippen LogP) is 2.75. The first-order chi connectivity index (χ1) is 6.74. The molecule has 0 heterocycles. The zero-order valence-electron chi connectivity index (χ0n) is 9.35. The third-order valence-electron chi connectivity index (χ3n) is 2.43. The van der Waals surface area contributed by atoms with Crippen LogP contribution in [0.1, 0.15) is 25.8 Å². The third-order valence-corrected chi connectivity index (χ3v) is 2.43. The lowest BCUT2D eigenvalue weighted by atomic mass is 10.1. The fraction of sp³-hybridized carbons (Fsp3) is 0.500. The number of hydrogen-bond acceptors (Lipinski definition) is 2. The van der Waals surface area contributed by atoms with Crippen LogP contribution in [0.3, 0.4) is 0 Å². The normalized spacial score (nSPS) is 14.1. The molecule has 1 aromatic rings. The van der Waals surface area contributed by atoms with Gasteiger partial charge in [-0.2, -0.15) is 0 Å². The van der Waals surface area contributed by atoms with Crippen LogP contribution in [0.4, 0.5) is 0 Å². The first-order valence-electron chi connectivity index (χ1n) is 5.15. The monoisotopic (exact) mass is 229 g/mol. The van der Waals surface area contributed by atoms with E-state index in [0.29, 0.717) is 6.61 Å². The van der Waals surface area contributed by atoms with Gasteiger partial charge in [0, 0.05) is 6.04 Å². The maximum atomic E-state index is 5.86. The molecule has 1 aromatic carbocycles. The van der Waals surface area contributed by atoms with Crippen LogP contribution >= 0.6 is 12.4 Å². The average molecular weight is 230 g/mol. The molecule has 0 aliphatic rings. The zero-order chi connectivity index (χ0) is 10.4. The molecule has 0 saturated heterocycles. The molecule has 0 aliphatic heterocycles. The minimum atomic E-state index is 0. The Morgan fingerprint density at radius 3 is 2.40 bits per heavy atom. The van der Waals surface area contributed by atoms with Crippen molar-refractivity contribution in [3.63, 3.8) is 0 Å². The molecule has 0 spiro atoms. The van der Waals surface area contributed by atoms with Gasteiger partial charge in [0.1, 0.15) is 0 Å². The molecule has 0 unspecified atom stereocenters. The molecule has 0 aliphatic carbocycles. The van der Waals surface area contributed by atoms with E-state index in [9.17, 15) is 0 Å². The molecular weight excluding hydrogens is 210 g/mol. The molecule has 2 nitrogen and oxygen atoms in total. The Balaban J connectivity index is 0.00000196. The maximum absolute atomic E-state index is 5.86. The highest BCUT2D eigenvalue weighted by Crippen LogP contribution is 2.06. The second-order valence-electron chi connectivity index (χ2n) is 3.57. The van der Waals surface area contributed by atoms with Crippen molar-refractivity contribution in [3.8, 4) is 0 Å². The largest absolute Gasteiger partial charge is 0.372 e. The van der Waals surface area contributed by atoms with Gasteiger partial charge in [-0.05, 0) is 18.9 Å². The van der Waals surface area contributed by atoms with E-state index < -0.39 is 0 Å². The summed E-state index contributed by atoms with van der Waals surface area (Å²) in [5.74, 6) is 0. The summed E-state index contributed by atoms with van der Waals surface area (Å²) in [5.41, 5.74) is 7.05. The van der Waals surface area contributed by atoms with E-state index in [2.05, 4.69) is 19.1 Å². The van der Waals surface area contributed by atoms with E-state index in [1.165, 1.54) is 5.56 Å². The molecule has 3 heteroatoms. The third kappa shape index (κ3) is 5.17. The predicted molar refractivity (Wildman–Crippen MR) is 66.2 cm³/mol. The van der Waals surface area contributed by atoms with Crippen LogP contribution < -0.4 is 5.73 Å². The summed E-state index contributed by atoms with van der Waals surface area (Å²) >= 11 is 0. The second-order valence-corrected chi connectivity index (χ2v) is 3.57. The molecular formula is C12H20ClNO. The molecule has 15 heavy (non-hydrogen) atoms. The summed E-state index contributed by atoms with van der Waals surface area (Å²) in [7, 11) is 0. The van der Waals surface area contributed by atoms with Crippen LogP contribution in [0.5, 0.6) is 0 Å². The SMILES string of the molecule is CC[C@H](N)[C@H](C)OCc1ccccc1.Cl. The van der Waals surface area contributed by atoms with Crippen LogP contribution in [0.2, 0.25) is 0 Å². The first kappa shape index (κ1) is 14.4. The highest BCUT2D eigenvalue weighted by atomic mass is 35.5. The number of benzene rings is 1. The van der Waals surface area contributed by atoms with Gasteiger partial charge < -0.3 is 10.5 Å². The van der Waals surface area contributed by atoms with Crippen molar-refractivity contribution in [3.05, 3.63) is 35.9 Å². The minimum Gasteiger partial charge on any atom is -0.372 e. The van der Waals surface area contributed by atoms with Crippen molar-refractivity contribution in [1.29, 1.82) is 0 Å². The Labute approximate surface area is 98.2 Å². The number of halogens is 1. The molecule has 2 atom stereocenters. The van der Waals surface area contributed by atoms with Crippen molar-refractivity contribution >= 4 is 12.4 Å². The summed E-state index contributed by atoms with van der Waals surface area (Å²) in [6.45, 7) is 4.75. The summed E-state index contributed by atoms with van der Waals surface area (Å²) in [6, 6.07) is 10.3. The lowest BCUT2D eigenvalue weighted by Gasteiger charge is -2.18. The summed E-state index contributed by atoms with van der Waals surface area (Å²) < 4.78 is 5.66. The highest BCUT2D eigenvalue weighted by molar-refractivity contribution is 5.85. The Bertz CT molecular complexity index is 253. The van der Waals surface area contributed by atoms with Crippen LogP contribution in [-0.2, 0) is 11.3 Å². The number of ether oxygens (including phenoxy) is 1. The Morgan fingerprint density at radius 2 is 1.87 bits per heavy atom. The zero-order valence-corrected chi connectivity index (χ0v) is 10.2. The van der Waals surface area contributed by atoms with E-state index in [0.717, 1.165) is 6.42 Å². The van der Waals surface area contributed by atoms with Gasteiger partial charge in [-0.25, -0.2) is 0 Å². The van der Waals surface area contributed by atoms with Gasteiger partial charge in [-0.15, -0.1) is 12.4 Å². The molecule has 0 bridgehead atoms. The second kappa shape index (κ2) is 7.69. The lowest BCUT2D eigenvalue weighted by molar-refractivity contribution is 0.0353. The quantitative estimate of drug-likeness (QED) is 0.843. The van der Waals surface area contributed by atoms with E-state index in [4.69, 9.17) is 10.5 Å². The standard InChI is InChI=1S/C12H19NO.ClH/c1-3-12(13)10(2)14-9-11-7-5-4-6-8-11;/h4-8,10,12H,3,9,13H2,1-2H3;1H/t10-,12-;/m0./s1. The van der Waals surface area contributed by atoms with Crippen molar-refractivity contribution in [1.82, 2.24) is 0 Å². The van der Waals surface area contributed by atoms with E-state index in [-0.39, 0.29) is 24.6 Å². The topological polar surface area (TPSA) is 35.2 Å². The number of rotatable bonds is 5. The van der Waals surface area contributed by atoms with Gasteiger partial charge in [0.05, 0.1) is 12.7 Å². The minimum absolute atomic E-state index is 0. The van der Waals surface area contributed by atoms with Gasteiger partial charge in [0.15, 0.2) is 0 Å². The Hall–Kier alpha value is -0.570. The Morgan fingerprint density at radius 1 is 1.27 bits per heavy atom. The van der Waals surface area contributed by atoms with Crippen molar-refractivity contribution in [2.75, 3.05) is 0 Å². The van der Waals surface area contributed by atoms with E-state index >= 15 is 0 Å². The number of hydrogen-bond donors (Lipinski definition) is 1. The van der Waals surface area contributed by atoms with Crippen LogP contribution in [0, 0.1) is 0 Å². The molecule has 0 radical (unpaired) electrons. The molecule has 2 N–H and O–H groups in total. The molecule has 1 rings (SSSR count). The van der Waals surface area contributed by atoms with Gasteiger partial charge >= 0.3 is 0 Å². The maximum Gasteiger partial charge on any atom is 0.0721 e. The Kier molecular flexibility index (Phi) is 7.39. The fourth-order valence-corrected chi connectivity index (χ4v) is 1.26. The highest BCUT2D eigenvalue weighted by Gasteiger charge is 2.10. The van der Waals surface area contributed by atoms with Crippen molar-refractivity contribution < 1.29 is 4.74 Å². The van der Waals surface area contributed by atoms with Crippen molar-refractivity contribution in [2.24, 2.45) is 5.73 Å². The number of nitrogens with two attached hydrogens (primary N) is 1. The molecule has 0 aromatic heterocycles. The molecule has 0 amide bonds. The fourth-order valence-electron chi connectivity index (χ4n) is 1.26. The lowest BCUT2D eigenvalue weighted by Crippen LogP contribution is -2.33. The van der Waals surface area contributed by atoms with E-state index in [1.54, 1.807) is 0 Å². The van der Waals surface area contributed by atoms with Gasteiger partial charge in [-0.3, -0.25) is 0 Å². The van der Waals surface area contributed by atoms with Crippen LogP contribution in [0.25, 0.3) is 0 Å². The average Bonchev–Trinajstić information content (AvgIpc) is 2.26. The van der Waals surface area contributed by atoms with Crippen LogP contribution in [0.15, 0.2) is 30.3 Å². The molecule has 86 valence electrons. The van der Waals surface area contributed by atoms with Gasteiger partial charge in [0.25, 0.3) is 0 Å². The smallest absolute Gasteiger partial charge is 0.0721 e. The van der Waals surface area contributed by atoms with Gasteiger partial charge in [-0.1, -0.05) is 37.3 Å². The first-order valence-corrected chi connectivity index (χ1v) is 5.15. The van der Waals surface area contributed by atoms with E-state index in [1.807, 2.05) is 25.1 Å². The molecule has 0 fully saturated rings. The summed E-state index contributed by atoms with van der Waals surface area (Å²) in [4.78, 5) is 0. The summed E-state index contributed by atoms with van der Waals surface area (Å²) in [5, 5.41) is 0. The summed E-state index contributed by atoms with van der Waals surface area (Å²) in [6.07, 6.45) is 1.08. The van der Waals surface area contributed by atoms with Crippen LogP contribution in [-0.4, -0.2) is 12.1 Å². The molecule has 0 saturated carbocycles. The van der Waals surface area contributed by atoms with Gasteiger partial charge in [0.2, 0.25) is 0 Å².